The van der Waals surface area contributed by atoms with E-state index >= 15 is 0 Å². The van der Waals surface area contributed by atoms with Crippen LogP contribution in [0, 0.1) is 0 Å². The summed E-state index contributed by atoms with van der Waals surface area (Å²) >= 11 is 0. The molecule has 0 radical (unpaired) electrons. The molecule has 1 amide bonds. The smallest absolute Gasteiger partial charge is 0.251 e. The third-order valence-electron chi connectivity index (χ3n) is 5.08. The molecule has 1 aliphatic heterocycles. The fourth-order valence-electron chi connectivity index (χ4n) is 3.61. The molecule has 1 atom stereocenters. The second-order valence-electron chi connectivity index (χ2n) is 7.01. The van der Waals surface area contributed by atoms with Gasteiger partial charge in [0, 0.05) is 17.7 Å². The largest absolute Gasteiger partial charge is 0.348 e. The summed E-state index contributed by atoms with van der Waals surface area (Å²) in [6.45, 7) is 0.242. The van der Waals surface area contributed by atoms with Crippen LogP contribution >= 0.6 is 0 Å². The van der Waals surface area contributed by atoms with Crippen molar-refractivity contribution in [2.75, 3.05) is 5.75 Å². The first kappa shape index (κ1) is 20.3. The zero-order valence-electron chi connectivity index (χ0n) is 15.9. The first-order valence-electron chi connectivity index (χ1n) is 9.27. The number of hydrogen-bond acceptors (Lipinski definition) is 5. The molecule has 1 aliphatic rings. The van der Waals surface area contributed by atoms with Crippen LogP contribution in [0.4, 0.5) is 0 Å². The molecule has 3 aromatic rings. The van der Waals surface area contributed by atoms with Gasteiger partial charge in [0.15, 0.2) is 19.7 Å². The fourth-order valence-corrected chi connectivity index (χ4v) is 7.99. The molecular formula is C22H19NO5S2. The quantitative estimate of drug-likeness (QED) is 0.657. The Balaban J connectivity index is 1.76. The van der Waals surface area contributed by atoms with Crippen LogP contribution in [0.3, 0.4) is 0 Å². The summed E-state index contributed by atoms with van der Waals surface area (Å²) in [7, 11) is -7.83. The lowest BCUT2D eigenvalue weighted by Crippen LogP contribution is -2.25. The zero-order valence-corrected chi connectivity index (χ0v) is 17.5. The van der Waals surface area contributed by atoms with Gasteiger partial charge in [0.2, 0.25) is 0 Å². The SMILES string of the molecule is O=C(NCc1ccccc1)c1cccc2c1C(S(=O)(=O)c1ccccc1)CS2(=O)=O. The summed E-state index contributed by atoms with van der Waals surface area (Å²) in [5.74, 6) is -1.09. The van der Waals surface area contributed by atoms with E-state index in [2.05, 4.69) is 5.32 Å². The Morgan fingerprint density at radius 2 is 1.53 bits per heavy atom. The minimum Gasteiger partial charge on any atom is -0.348 e. The molecular weight excluding hydrogens is 422 g/mol. The number of nitrogens with one attached hydrogen (secondary N) is 1. The number of carbonyl (C=O) groups is 1. The van der Waals surface area contributed by atoms with Gasteiger partial charge in [-0.2, -0.15) is 0 Å². The summed E-state index contributed by atoms with van der Waals surface area (Å²) in [6, 6.07) is 21.2. The number of benzene rings is 3. The number of sulfone groups is 2. The Bertz CT molecular complexity index is 1300. The highest BCUT2D eigenvalue weighted by Gasteiger charge is 2.45. The van der Waals surface area contributed by atoms with Gasteiger partial charge < -0.3 is 5.32 Å². The summed E-state index contributed by atoms with van der Waals surface area (Å²) < 4.78 is 51.9. The topological polar surface area (TPSA) is 97.4 Å². The monoisotopic (exact) mass is 441 g/mol. The van der Waals surface area contributed by atoms with Crippen LogP contribution in [0.1, 0.15) is 26.7 Å². The predicted octanol–water partition coefficient (Wildman–Crippen LogP) is 2.92. The molecule has 8 heteroatoms. The van der Waals surface area contributed by atoms with Crippen molar-refractivity contribution in [3.8, 4) is 0 Å². The number of amides is 1. The van der Waals surface area contributed by atoms with Gasteiger partial charge in [0.25, 0.3) is 5.91 Å². The van der Waals surface area contributed by atoms with Crippen molar-refractivity contribution < 1.29 is 21.6 Å². The van der Waals surface area contributed by atoms with Crippen LogP contribution in [0.5, 0.6) is 0 Å². The van der Waals surface area contributed by atoms with Crippen molar-refractivity contribution in [2.24, 2.45) is 0 Å². The van der Waals surface area contributed by atoms with Gasteiger partial charge in [-0.25, -0.2) is 16.8 Å². The molecule has 0 spiro atoms. The van der Waals surface area contributed by atoms with E-state index in [9.17, 15) is 21.6 Å². The summed E-state index contributed by atoms with van der Waals surface area (Å²) in [4.78, 5) is 12.8. The van der Waals surface area contributed by atoms with Crippen LogP contribution in [0.25, 0.3) is 0 Å². The van der Waals surface area contributed by atoms with Gasteiger partial charge in [-0.15, -0.1) is 0 Å². The van der Waals surface area contributed by atoms with E-state index in [-0.39, 0.29) is 27.5 Å². The first-order chi connectivity index (χ1) is 14.3. The average Bonchev–Trinajstić information content (AvgIpc) is 3.05. The maximum absolute atomic E-state index is 13.2. The third-order valence-corrected chi connectivity index (χ3v) is 9.17. The van der Waals surface area contributed by atoms with E-state index in [1.807, 2.05) is 30.3 Å². The Labute approximate surface area is 175 Å². The maximum atomic E-state index is 13.2. The van der Waals surface area contributed by atoms with Gasteiger partial charge in [0.1, 0.15) is 5.25 Å². The lowest BCUT2D eigenvalue weighted by atomic mass is 10.0. The molecule has 0 aliphatic carbocycles. The minimum atomic E-state index is -4.01. The Morgan fingerprint density at radius 3 is 2.20 bits per heavy atom. The van der Waals surface area contributed by atoms with Gasteiger partial charge in [-0.1, -0.05) is 54.6 Å². The molecule has 1 unspecified atom stereocenters. The second-order valence-corrected chi connectivity index (χ2v) is 11.1. The molecule has 3 aromatic carbocycles. The second kappa shape index (κ2) is 7.70. The average molecular weight is 442 g/mol. The predicted molar refractivity (Wildman–Crippen MR) is 112 cm³/mol. The summed E-state index contributed by atoms with van der Waals surface area (Å²) in [6.07, 6.45) is 0. The lowest BCUT2D eigenvalue weighted by Gasteiger charge is -2.15. The molecule has 1 N–H and O–H groups in total. The van der Waals surface area contributed by atoms with Crippen molar-refractivity contribution >= 4 is 25.6 Å². The molecule has 0 saturated carbocycles. The zero-order chi connectivity index (χ0) is 21.4. The van der Waals surface area contributed by atoms with E-state index in [0.29, 0.717) is 0 Å². The third kappa shape index (κ3) is 3.64. The van der Waals surface area contributed by atoms with E-state index in [0.717, 1.165) is 5.56 Å². The van der Waals surface area contributed by atoms with Gasteiger partial charge in [-0.05, 0) is 29.8 Å². The fraction of sp³-hybridized carbons (Fsp3) is 0.136. The van der Waals surface area contributed by atoms with Crippen molar-refractivity contribution in [3.05, 3.63) is 95.6 Å². The highest BCUT2D eigenvalue weighted by molar-refractivity contribution is 7.96. The number of carbonyl (C=O) groups excluding carboxylic acids is 1. The molecule has 154 valence electrons. The van der Waals surface area contributed by atoms with Crippen molar-refractivity contribution in [1.29, 1.82) is 0 Å². The van der Waals surface area contributed by atoms with Crippen LogP contribution in [0.2, 0.25) is 0 Å². The molecule has 0 fully saturated rings. The van der Waals surface area contributed by atoms with E-state index < -0.39 is 36.6 Å². The first-order valence-corrected chi connectivity index (χ1v) is 12.5. The Kier molecular flexibility index (Phi) is 5.21. The van der Waals surface area contributed by atoms with Gasteiger partial charge in [0.05, 0.1) is 15.5 Å². The molecule has 0 saturated heterocycles. The number of fused-ring (bicyclic) bond motifs is 1. The van der Waals surface area contributed by atoms with Gasteiger partial charge in [-0.3, -0.25) is 4.79 Å². The molecule has 0 aromatic heterocycles. The Hall–Kier alpha value is -2.97. The van der Waals surface area contributed by atoms with Crippen molar-refractivity contribution in [1.82, 2.24) is 5.32 Å². The molecule has 30 heavy (non-hydrogen) atoms. The molecule has 0 bridgehead atoms. The normalized spacial score (nSPS) is 17.3. The van der Waals surface area contributed by atoms with Crippen LogP contribution in [-0.2, 0) is 26.2 Å². The number of rotatable bonds is 5. The van der Waals surface area contributed by atoms with E-state index in [1.54, 1.807) is 18.2 Å². The molecule has 4 rings (SSSR count). The van der Waals surface area contributed by atoms with Crippen molar-refractivity contribution in [3.63, 3.8) is 0 Å². The maximum Gasteiger partial charge on any atom is 0.251 e. The lowest BCUT2D eigenvalue weighted by molar-refractivity contribution is 0.0949. The van der Waals surface area contributed by atoms with Crippen LogP contribution < -0.4 is 5.32 Å². The van der Waals surface area contributed by atoms with Gasteiger partial charge >= 0.3 is 0 Å². The standard InChI is InChI=1S/C22H19NO5S2/c24-22(23-14-16-8-3-1-4-9-16)18-12-7-13-19-21(18)20(15-29(19,25)26)30(27,28)17-10-5-2-6-11-17/h1-13,20H,14-15H2,(H,23,24). The highest BCUT2D eigenvalue weighted by atomic mass is 32.2. The number of hydrogen-bond donors (Lipinski definition) is 1. The summed E-state index contributed by atoms with van der Waals surface area (Å²) in [5, 5.41) is 1.42. The summed E-state index contributed by atoms with van der Waals surface area (Å²) in [5.41, 5.74) is 0.987. The van der Waals surface area contributed by atoms with E-state index in [1.165, 1.54) is 30.3 Å². The molecule has 6 nitrogen and oxygen atoms in total. The minimum absolute atomic E-state index is 0.0255. The van der Waals surface area contributed by atoms with Crippen molar-refractivity contribution in [2.45, 2.75) is 21.6 Å². The molecule has 1 heterocycles. The Morgan fingerprint density at radius 1 is 0.900 bits per heavy atom. The van der Waals surface area contributed by atoms with Crippen LogP contribution in [-0.4, -0.2) is 28.5 Å². The van der Waals surface area contributed by atoms with E-state index in [4.69, 9.17) is 0 Å². The van der Waals surface area contributed by atoms with Crippen LogP contribution in [0.15, 0.2) is 88.7 Å². The highest BCUT2D eigenvalue weighted by Crippen LogP contribution is 2.42.